The van der Waals surface area contributed by atoms with Crippen LogP contribution in [0.15, 0.2) is 74.6 Å². The molecule has 1 aliphatic carbocycles. The zero-order chi connectivity index (χ0) is 25.5. The number of nitrogens with one attached hydrogen (secondary N) is 1. The van der Waals surface area contributed by atoms with Crippen LogP contribution in [0.25, 0.3) is 0 Å². The smallest absolute Gasteiger partial charge is 0.366 e. The quantitative estimate of drug-likeness (QED) is 0.607. The van der Waals surface area contributed by atoms with Gasteiger partial charge in [-0.25, -0.2) is 0 Å². The number of hydrogen-bond donors (Lipinski definition) is 2. The molecule has 6 nitrogen and oxygen atoms in total. The second kappa shape index (κ2) is 11.6. The van der Waals surface area contributed by atoms with Gasteiger partial charge in [0.05, 0.1) is 16.2 Å². The number of allylic oxidation sites excluding steroid dienone is 7. The number of thioether (sulfide) groups is 1. The van der Waals surface area contributed by atoms with Gasteiger partial charge in [0, 0.05) is 19.7 Å². The van der Waals surface area contributed by atoms with E-state index in [1.54, 1.807) is 21.0 Å². The maximum Gasteiger partial charge on any atom is 0.416 e. The van der Waals surface area contributed by atoms with E-state index in [9.17, 15) is 22.8 Å². The van der Waals surface area contributed by atoms with Crippen molar-refractivity contribution in [2.45, 2.75) is 26.4 Å². The molecule has 34 heavy (non-hydrogen) atoms. The Kier molecular flexibility index (Phi) is 9.19. The summed E-state index contributed by atoms with van der Waals surface area (Å²) < 4.78 is 37.6. The molecule has 1 heterocycles. The SMILES string of the molecule is C/C=C1C=C(/C=C2\SC(=O)NC2=NC)C=CC/1=NC.CCc1ccc(C(N)=O)cc1C(F)(F)F. The summed E-state index contributed by atoms with van der Waals surface area (Å²) in [6.45, 7) is 3.60. The summed E-state index contributed by atoms with van der Waals surface area (Å²) in [5.41, 5.74) is 7.22. The Morgan fingerprint density at radius 2 is 1.91 bits per heavy atom. The molecule has 0 bridgehead atoms. The normalized spacial score (nSPS) is 20.4. The summed E-state index contributed by atoms with van der Waals surface area (Å²) in [5.74, 6) is -0.232. The van der Waals surface area contributed by atoms with Crippen LogP contribution >= 0.6 is 11.8 Å². The van der Waals surface area contributed by atoms with Crippen molar-refractivity contribution >= 4 is 34.5 Å². The number of nitrogens with two attached hydrogens (primary N) is 1. The lowest BCUT2D eigenvalue weighted by atomic mass is 9.99. The molecule has 0 aromatic heterocycles. The molecule has 0 atom stereocenters. The highest BCUT2D eigenvalue weighted by Gasteiger charge is 2.33. The van der Waals surface area contributed by atoms with Gasteiger partial charge in [0.1, 0.15) is 5.84 Å². The molecule has 1 saturated heterocycles. The first-order chi connectivity index (χ1) is 16.0. The number of halogens is 3. The number of carbonyl (C=O) groups excluding carboxylic acids is 2. The van der Waals surface area contributed by atoms with Gasteiger partial charge in [-0.1, -0.05) is 25.1 Å². The van der Waals surface area contributed by atoms with Crippen LogP contribution in [0.5, 0.6) is 0 Å². The topological polar surface area (TPSA) is 96.9 Å². The van der Waals surface area contributed by atoms with Crippen molar-refractivity contribution < 1.29 is 22.8 Å². The van der Waals surface area contributed by atoms with E-state index in [0.29, 0.717) is 5.84 Å². The Balaban J connectivity index is 0.000000248. The van der Waals surface area contributed by atoms with Crippen molar-refractivity contribution in [3.8, 4) is 0 Å². The van der Waals surface area contributed by atoms with Crippen molar-refractivity contribution in [1.29, 1.82) is 0 Å². The number of aliphatic imine (C=N–C) groups is 2. The Hall–Kier alpha value is -3.40. The van der Waals surface area contributed by atoms with E-state index in [1.165, 1.54) is 12.1 Å². The van der Waals surface area contributed by atoms with E-state index in [2.05, 4.69) is 15.3 Å². The third-order valence-corrected chi connectivity index (χ3v) is 5.68. The minimum Gasteiger partial charge on any atom is -0.366 e. The van der Waals surface area contributed by atoms with Crippen LogP contribution in [-0.4, -0.2) is 36.8 Å². The standard InChI is InChI=1S/C14H15N3OS.C10H10F3NO/c1-4-10-7-9(5-6-11(10)15-2)8-12-13(16-3)17-14(18)19-12;1-2-6-3-4-7(9(14)15)5-8(6)10(11,12)13/h4-8H,1-3H3,(H,16,17,18);3-5H,2H2,1H3,(H2,14,15)/b10-4-,12-8-,15-11?;. The third kappa shape index (κ3) is 6.80. The van der Waals surface area contributed by atoms with Crippen LogP contribution in [0, 0.1) is 0 Å². The fourth-order valence-corrected chi connectivity index (χ4v) is 3.93. The number of alkyl halides is 3. The van der Waals surface area contributed by atoms with Crippen molar-refractivity contribution in [3.63, 3.8) is 0 Å². The maximum absolute atomic E-state index is 12.5. The molecule has 0 saturated carbocycles. The molecule has 1 aromatic carbocycles. The van der Waals surface area contributed by atoms with Gasteiger partial charge in [-0.3, -0.25) is 19.6 Å². The summed E-state index contributed by atoms with van der Waals surface area (Å²) in [6, 6.07) is 3.38. The van der Waals surface area contributed by atoms with Gasteiger partial charge in [0.2, 0.25) is 5.91 Å². The van der Waals surface area contributed by atoms with Gasteiger partial charge in [0.25, 0.3) is 5.24 Å². The highest BCUT2D eigenvalue weighted by atomic mass is 32.2. The lowest BCUT2D eigenvalue weighted by Crippen LogP contribution is -2.18. The molecule has 0 unspecified atom stereocenters. The van der Waals surface area contributed by atoms with Gasteiger partial charge < -0.3 is 11.1 Å². The predicted octanol–water partition coefficient (Wildman–Crippen LogP) is 5.24. The Morgan fingerprint density at radius 1 is 1.21 bits per heavy atom. The molecule has 1 aliphatic heterocycles. The Morgan fingerprint density at radius 3 is 2.44 bits per heavy atom. The van der Waals surface area contributed by atoms with Crippen LogP contribution in [0.1, 0.15) is 35.3 Å². The molecule has 1 aromatic rings. The number of aryl methyl sites for hydroxylation is 1. The number of nitrogens with zero attached hydrogens (tertiary/aromatic N) is 2. The number of carbonyl (C=O) groups is 2. The van der Waals surface area contributed by atoms with Crippen LogP contribution in [0.3, 0.4) is 0 Å². The second-order valence-corrected chi connectivity index (χ2v) is 8.03. The fourth-order valence-electron chi connectivity index (χ4n) is 3.15. The first kappa shape index (κ1) is 26.8. The molecule has 2 aliphatic rings. The molecule has 10 heteroatoms. The molecule has 0 radical (unpaired) electrons. The molecular weight excluding hydrogens is 465 g/mol. The monoisotopic (exact) mass is 490 g/mol. The van der Waals surface area contributed by atoms with Crippen molar-refractivity contribution in [1.82, 2.24) is 5.32 Å². The molecule has 3 rings (SSSR count). The third-order valence-electron chi connectivity index (χ3n) is 4.86. The first-order valence-corrected chi connectivity index (χ1v) is 11.1. The molecule has 3 N–H and O–H groups in total. The van der Waals surface area contributed by atoms with Gasteiger partial charge in [-0.2, -0.15) is 13.2 Å². The van der Waals surface area contributed by atoms with Crippen molar-refractivity contribution in [2.75, 3.05) is 14.1 Å². The summed E-state index contributed by atoms with van der Waals surface area (Å²) in [7, 11) is 3.44. The zero-order valence-electron chi connectivity index (χ0n) is 19.2. The number of primary amides is 1. The van der Waals surface area contributed by atoms with E-state index < -0.39 is 17.6 Å². The van der Waals surface area contributed by atoms with E-state index in [0.717, 1.165) is 39.6 Å². The summed E-state index contributed by atoms with van der Waals surface area (Å²) >= 11 is 1.16. The maximum atomic E-state index is 12.5. The summed E-state index contributed by atoms with van der Waals surface area (Å²) in [6.07, 6.45) is 5.79. The lowest BCUT2D eigenvalue weighted by Gasteiger charge is -2.12. The minimum atomic E-state index is -4.45. The molecular formula is C24H25F3N4O2S. The first-order valence-electron chi connectivity index (χ1n) is 10.2. The zero-order valence-corrected chi connectivity index (χ0v) is 20.0. The van der Waals surface area contributed by atoms with Crippen LogP contribution in [0.4, 0.5) is 18.0 Å². The highest BCUT2D eigenvalue weighted by molar-refractivity contribution is 8.18. The second-order valence-electron chi connectivity index (χ2n) is 7.01. The molecule has 2 amide bonds. The minimum absolute atomic E-state index is 0.0886. The highest BCUT2D eigenvalue weighted by Crippen LogP contribution is 2.33. The van der Waals surface area contributed by atoms with E-state index >= 15 is 0 Å². The largest absolute Gasteiger partial charge is 0.416 e. The van der Waals surface area contributed by atoms with Gasteiger partial charge in [-0.05, 0) is 72.2 Å². The van der Waals surface area contributed by atoms with E-state index in [1.807, 2.05) is 37.3 Å². The Bertz CT molecular complexity index is 1160. The fraction of sp³-hybridized carbons (Fsp3) is 0.250. The van der Waals surface area contributed by atoms with Crippen LogP contribution < -0.4 is 11.1 Å². The van der Waals surface area contributed by atoms with Crippen LogP contribution in [-0.2, 0) is 12.6 Å². The molecule has 180 valence electrons. The average molecular weight is 491 g/mol. The Labute approximate surface area is 200 Å². The number of rotatable bonds is 3. The van der Waals surface area contributed by atoms with Gasteiger partial charge in [0.15, 0.2) is 0 Å². The average Bonchev–Trinajstić information content (AvgIpc) is 3.17. The molecule has 1 fully saturated rings. The van der Waals surface area contributed by atoms with E-state index in [-0.39, 0.29) is 22.8 Å². The predicted molar refractivity (Wildman–Crippen MR) is 131 cm³/mol. The van der Waals surface area contributed by atoms with Crippen LogP contribution in [0.2, 0.25) is 0 Å². The number of benzene rings is 1. The summed E-state index contributed by atoms with van der Waals surface area (Å²) in [5, 5.41) is 2.62. The number of amidine groups is 1. The lowest BCUT2D eigenvalue weighted by molar-refractivity contribution is -0.138. The van der Waals surface area contributed by atoms with Crippen molar-refractivity contribution in [3.05, 3.63) is 81.3 Å². The van der Waals surface area contributed by atoms with Gasteiger partial charge >= 0.3 is 6.18 Å². The summed E-state index contributed by atoms with van der Waals surface area (Å²) in [4.78, 5) is 31.2. The van der Waals surface area contributed by atoms with Gasteiger partial charge in [-0.15, -0.1) is 0 Å². The van der Waals surface area contributed by atoms with Crippen molar-refractivity contribution in [2.24, 2.45) is 15.7 Å². The van der Waals surface area contributed by atoms with E-state index in [4.69, 9.17) is 5.73 Å². The number of hydrogen-bond acceptors (Lipinski definition) is 5. The number of amides is 2. The molecule has 0 spiro atoms.